The van der Waals surface area contributed by atoms with Gasteiger partial charge in [0.2, 0.25) is 5.82 Å². The Labute approximate surface area is 172 Å². The molecule has 0 bridgehead atoms. The molecule has 146 valence electrons. The third-order valence-corrected chi connectivity index (χ3v) is 4.65. The second-order valence-corrected chi connectivity index (χ2v) is 7.07. The summed E-state index contributed by atoms with van der Waals surface area (Å²) >= 11 is 5.93. The molecule has 0 saturated carbocycles. The molecule has 0 saturated heterocycles. The third kappa shape index (κ3) is 4.38. The summed E-state index contributed by atoms with van der Waals surface area (Å²) in [7, 11) is 0. The van der Waals surface area contributed by atoms with Crippen LogP contribution in [0.25, 0.3) is 22.8 Å². The number of nitrogens with one attached hydrogen (secondary N) is 1. The van der Waals surface area contributed by atoms with E-state index in [1.165, 1.54) is 0 Å². The quantitative estimate of drug-likeness (QED) is 0.485. The van der Waals surface area contributed by atoms with Crippen LogP contribution in [0.3, 0.4) is 0 Å². The van der Waals surface area contributed by atoms with Crippen LogP contribution in [0.5, 0.6) is 0 Å². The third-order valence-electron chi connectivity index (χ3n) is 4.40. The first-order valence-electron chi connectivity index (χ1n) is 9.12. The van der Waals surface area contributed by atoms with Gasteiger partial charge in [-0.15, -0.1) is 0 Å². The summed E-state index contributed by atoms with van der Waals surface area (Å²) in [5, 5.41) is 7.64. The van der Waals surface area contributed by atoms with E-state index in [-0.39, 0.29) is 17.8 Å². The van der Waals surface area contributed by atoms with Crippen LogP contribution in [0.15, 0.2) is 75.9 Å². The lowest BCUT2D eigenvalue weighted by molar-refractivity contribution is 0.0939. The molecule has 2 aromatic carbocycles. The van der Waals surface area contributed by atoms with Crippen molar-refractivity contribution in [1.29, 1.82) is 0 Å². The van der Waals surface area contributed by atoms with E-state index in [2.05, 4.69) is 15.5 Å². The van der Waals surface area contributed by atoms with Gasteiger partial charge in [0.1, 0.15) is 5.76 Å². The zero-order valence-corrected chi connectivity index (χ0v) is 16.4. The fraction of sp³-hybridized carbons (Fsp3) is 0.136. The van der Waals surface area contributed by atoms with E-state index in [4.69, 9.17) is 20.5 Å². The molecule has 2 heterocycles. The number of rotatable bonds is 6. The molecule has 0 aliphatic carbocycles. The van der Waals surface area contributed by atoms with E-state index in [1.54, 1.807) is 36.6 Å². The van der Waals surface area contributed by atoms with Crippen LogP contribution in [0.4, 0.5) is 0 Å². The first-order valence-corrected chi connectivity index (χ1v) is 9.50. The van der Waals surface area contributed by atoms with Crippen molar-refractivity contribution in [3.63, 3.8) is 0 Å². The monoisotopic (exact) mass is 407 g/mol. The molecular formula is C22H18ClN3O3. The van der Waals surface area contributed by atoms with Crippen LogP contribution in [-0.4, -0.2) is 22.1 Å². The summed E-state index contributed by atoms with van der Waals surface area (Å²) < 4.78 is 10.8. The predicted octanol–water partition coefficient (Wildman–Crippen LogP) is 5.01. The average Bonchev–Trinajstić information content (AvgIpc) is 3.40. The van der Waals surface area contributed by atoms with Gasteiger partial charge in [0.05, 0.1) is 17.4 Å². The van der Waals surface area contributed by atoms with Gasteiger partial charge in [-0.3, -0.25) is 4.79 Å². The molecular weight excluding hydrogens is 390 g/mol. The lowest BCUT2D eigenvalue weighted by atomic mass is 10.1. The molecule has 29 heavy (non-hydrogen) atoms. The standard InChI is InChI=1S/C22H18ClN3O3/c1-14(13-17-5-4-12-28-17)24-21(27)18-6-2-3-7-19(18)22-25-20(26-29-22)15-8-10-16(23)11-9-15/h2-12,14H,13H2,1H3,(H,24,27)/t14-/m0/s1. The molecule has 1 N–H and O–H groups in total. The Bertz CT molecular complexity index is 1100. The molecule has 2 aromatic heterocycles. The van der Waals surface area contributed by atoms with Gasteiger partial charge < -0.3 is 14.3 Å². The number of halogens is 1. The summed E-state index contributed by atoms with van der Waals surface area (Å²) in [6.07, 6.45) is 2.22. The van der Waals surface area contributed by atoms with Gasteiger partial charge in [0.25, 0.3) is 11.8 Å². The Morgan fingerprint density at radius 3 is 2.66 bits per heavy atom. The summed E-state index contributed by atoms with van der Waals surface area (Å²) in [5.74, 6) is 1.30. The van der Waals surface area contributed by atoms with Crippen molar-refractivity contribution in [2.24, 2.45) is 0 Å². The maximum atomic E-state index is 12.8. The van der Waals surface area contributed by atoms with Crippen molar-refractivity contribution in [1.82, 2.24) is 15.5 Å². The molecule has 4 rings (SSSR count). The van der Waals surface area contributed by atoms with Crippen LogP contribution in [0.2, 0.25) is 5.02 Å². The van der Waals surface area contributed by atoms with Crippen molar-refractivity contribution in [3.05, 3.63) is 83.3 Å². The van der Waals surface area contributed by atoms with Crippen LogP contribution in [0, 0.1) is 0 Å². The SMILES string of the molecule is C[C@@H](Cc1ccco1)NC(=O)c1ccccc1-c1nc(-c2ccc(Cl)cc2)no1. The Morgan fingerprint density at radius 2 is 1.90 bits per heavy atom. The molecule has 0 radical (unpaired) electrons. The first-order chi connectivity index (χ1) is 14.1. The molecule has 7 heteroatoms. The van der Waals surface area contributed by atoms with Crippen molar-refractivity contribution >= 4 is 17.5 Å². The topological polar surface area (TPSA) is 81.2 Å². The lowest BCUT2D eigenvalue weighted by Crippen LogP contribution is -2.34. The number of hydrogen-bond donors (Lipinski definition) is 1. The highest BCUT2D eigenvalue weighted by Crippen LogP contribution is 2.26. The molecule has 0 unspecified atom stereocenters. The maximum Gasteiger partial charge on any atom is 0.259 e. The fourth-order valence-corrected chi connectivity index (χ4v) is 3.13. The Morgan fingerprint density at radius 1 is 1.10 bits per heavy atom. The molecule has 0 aliphatic heterocycles. The van der Waals surface area contributed by atoms with E-state index in [0.29, 0.717) is 28.4 Å². The molecule has 1 atom stereocenters. The Balaban J connectivity index is 1.55. The van der Waals surface area contributed by atoms with Crippen molar-refractivity contribution in [2.75, 3.05) is 0 Å². The van der Waals surface area contributed by atoms with E-state index in [1.807, 2.05) is 37.3 Å². The number of hydrogen-bond acceptors (Lipinski definition) is 5. The normalized spacial score (nSPS) is 11.9. The number of benzene rings is 2. The molecule has 0 aliphatic rings. The highest BCUT2D eigenvalue weighted by atomic mass is 35.5. The van der Waals surface area contributed by atoms with Crippen molar-refractivity contribution in [2.45, 2.75) is 19.4 Å². The van der Waals surface area contributed by atoms with Crippen LogP contribution >= 0.6 is 11.6 Å². The summed E-state index contributed by atoms with van der Waals surface area (Å²) in [6, 6.07) is 17.9. The zero-order valence-electron chi connectivity index (χ0n) is 15.6. The van der Waals surface area contributed by atoms with Crippen molar-refractivity contribution in [3.8, 4) is 22.8 Å². The number of carbonyl (C=O) groups is 1. The van der Waals surface area contributed by atoms with E-state index >= 15 is 0 Å². The van der Waals surface area contributed by atoms with Gasteiger partial charge in [-0.1, -0.05) is 28.9 Å². The molecule has 0 fully saturated rings. The van der Waals surface area contributed by atoms with Gasteiger partial charge in [0, 0.05) is 23.0 Å². The molecule has 6 nitrogen and oxygen atoms in total. The number of carbonyl (C=O) groups excluding carboxylic acids is 1. The van der Waals surface area contributed by atoms with Crippen molar-refractivity contribution < 1.29 is 13.7 Å². The number of aromatic nitrogens is 2. The number of nitrogens with zero attached hydrogens (tertiary/aromatic N) is 2. The van der Waals surface area contributed by atoms with E-state index < -0.39 is 0 Å². The van der Waals surface area contributed by atoms with Crippen LogP contribution in [0.1, 0.15) is 23.0 Å². The number of amides is 1. The second kappa shape index (κ2) is 8.32. The van der Waals surface area contributed by atoms with Crippen LogP contribution < -0.4 is 5.32 Å². The highest BCUT2D eigenvalue weighted by molar-refractivity contribution is 6.30. The van der Waals surface area contributed by atoms with Gasteiger partial charge in [-0.2, -0.15) is 4.98 Å². The van der Waals surface area contributed by atoms with Gasteiger partial charge in [-0.05, 0) is 55.5 Å². The minimum Gasteiger partial charge on any atom is -0.469 e. The average molecular weight is 408 g/mol. The largest absolute Gasteiger partial charge is 0.469 e. The van der Waals surface area contributed by atoms with Gasteiger partial charge in [-0.25, -0.2) is 0 Å². The minimum atomic E-state index is -0.217. The van der Waals surface area contributed by atoms with Crippen LogP contribution in [-0.2, 0) is 6.42 Å². The van der Waals surface area contributed by atoms with E-state index in [0.717, 1.165) is 11.3 Å². The number of furan rings is 1. The second-order valence-electron chi connectivity index (χ2n) is 6.63. The minimum absolute atomic E-state index is 0.103. The van der Waals surface area contributed by atoms with Gasteiger partial charge in [0.15, 0.2) is 0 Å². The molecule has 4 aromatic rings. The summed E-state index contributed by atoms with van der Waals surface area (Å²) in [6.45, 7) is 1.92. The Kier molecular flexibility index (Phi) is 5.44. The maximum absolute atomic E-state index is 12.8. The molecule has 0 spiro atoms. The highest BCUT2D eigenvalue weighted by Gasteiger charge is 2.19. The smallest absolute Gasteiger partial charge is 0.259 e. The first kappa shape index (κ1) is 19.0. The molecule has 1 amide bonds. The lowest BCUT2D eigenvalue weighted by Gasteiger charge is -2.13. The summed E-state index contributed by atoms with van der Waals surface area (Å²) in [4.78, 5) is 17.3. The fourth-order valence-electron chi connectivity index (χ4n) is 3.00. The van der Waals surface area contributed by atoms with Gasteiger partial charge >= 0.3 is 0 Å². The zero-order chi connectivity index (χ0) is 20.2. The summed E-state index contributed by atoms with van der Waals surface area (Å²) in [5.41, 5.74) is 1.81. The Hall–Kier alpha value is -3.38. The predicted molar refractivity (Wildman–Crippen MR) is 110 cm³/mol. The van der Waals surface area contributed by atoms with E-state index in [9.17, 15) is 4.79 Å².